The fourth-order valence-electron chi connectivity index (χ4n) is 1.98. The van der Waals surface area contributed by atoms with E-state index >= 15 is 0 Å². The summed E-state index contributed by atoms with van der Waals surface area (Å²) in [6.45, 7) is 6.94. The monoisotopic (exact) mass is 262 g/mol. The van der Waals surface area contributed by atoms with Crippen LogP contribution in [-0.4, -0.2) is 8.83 Å². The van der Waals surface area contributed by atoms with E-state index in [0.717, 1.165) is 0 Å². The summed E-state index contributed by atoms with van der Waals surface area (Å²) < 4.78 is 0. The van der Waals surface area contributed by atoms with E-state index in [-0.39, 0.29) is 8.83 Å². The summed E-state index contributed by atoms with van der Waals surface area (Å²) in [5.41, 5.74) is 0. The van der Waals surface area contributed by atoms with Crippen LogP contribution in [0.2, 0.25) is 5.04 Å². The summed E-state index contributed by atoms with van der Waals surface area (Å²) in [6, 6.07) is 0. The first kappa shape index (κ1) is 16.5. The summed E-state index contributed by atoms with van der Waals surface area (Å²) in [4.78, 5) is 0. The van der Waals surface area contributed by atoms with Crippen LogP contribution in [0, 0.1) is 0 Å². The van der Waals surface area contributed by atoms with Crippen molar-refractivity contribution in [2.45, 2.75) is 90.0 Å². The Labute approximate surface area is 110 Å². The van der Waals surface area contributed by atoms with E-state index < -0.39 is 0 Å². The Morgan fingerprint density at radius 3 is 1.69 bits per heavy atom. The fourth-order valence-corrected chi connectivity index (χ4v) is 2.77. The molecule has 0 atom stereocenters. The Morgan fingerprint density at radius 2 is 1.25 bits per heavy atom. The molecule has 98 valence electrons. The van der Waals surface area contributed by atoms with Gasteiger partial charge in [-0.3, -0.25) is 0 Å². The molecule has 0 nitrogen and oxygen atoms in total. The molecule has 0 aliphatic heterocycles. The van der Waals surface area contributed by atoms with E-state index in [1.54, 1.807) is 0 Å². The molecular formula is C14H31ClSi. The van der Waals surface area contributed by atoms with Crippen molar-refractivity contribution in [3.05, 3.63) is 0 Å². The maximum absolute atomic E-state index is 6.04. The molecule has 0 fully saturated rings. The lowest BCUT2D eigenvalue weighted by Gasteiger charge is -2.20. The zero-order valence-electron chi connectivity index (χ0n) is 11.7. The first-order valence-corrected chi connectivity index (χ1v) is 10.0. The topological polar surface area (TPSA) is 0 Å². The van der Waals surface area contributed by atoms with Crippen LogP contribution in [0.3, 0.4) is 0 Å². The molecule has 0 saturated carbocycles. The molecular weight excluding hydrogens is 232 g/mol. The van der Waals surface area contributed by atoms with Gasteiger partial charge in [-0.05, 0) is 11.5 Å². The van der Waals surface area contributed by atoms with Crippen molar-refractivity contribution in [1.82, 2.24) is 0 Å². The Hall–Kier alpha value is 0.507. The fraction of sp³-hybridized carbons (Fsp3) is 1.00. The Kier molecular flexibility index (Phi) is 11.0. The molecule has 0 aromatic heterocycles. The number of rotatable bonds is 11. The van der Waals surface area contributed by atoms with E-state index in [0.29, 0.717) is 5.04 Å². The lowest BCUT2D eigenvalue weighted by atomic mass is 10.0. The van der Waals surface area contributed by atoms with Gasteiger partial charge in [-0.1, -0.05) is 78.6 Å². The lowest BCUT2D eigenvalue weighted by Crippen LogP contribution is -2.07. The van der Waals surface area contributed by atoms with Crippen LogP contribution in [0.5, 0.6) is 0 Å². The predicted molar refractivity (Wildman–Crippen MR) is 80.3 cm³/mol. The summed E-state index contributed by atoms with van der Waals surface area (Å²) >= 11 is 6.04. The highest BCUT2D eigenvalue weighted by molar-refractivity contribution is 6.95. The second kappa shape index (κ2) is 10.6. The molecule has 0 bridgehead atoms. The normalized spacial score (nSPS) is 12.8. The summed E-state index contributed by atoms with van der Waals surface area (Å²) in [6.07, 6.45) is 14.2. The smallest absolute Gasteiger partial charge is 0.130 e. The lowest BCUT2D eigenvalue weighted by molar-refractivity contribution is 0.517. The zero-order chi connectivity index (χ0) is 12.3. The summed E-state index contributed by atoms with van der Waals surface area (Å²) in [5.74, 6) is 0. The van der Waals surface area contributed by atoms with E-state index in [4.69, 9.17) is 11.1 Å². The second-order valence-electron chi connectivity index (χ2n) is 5.88. The summed E-state index contributed by atoms with van der Waals surface area (Å²) in [5, 5.41) is 0.489. The first-order valence-electron chi connectivity index (χ1n) is 7.18. The predicted octanol–water partition coefficient (Wildman–Crippen LogP) is 5.43. The molecule has 16 heavy (non-hydrogen) atoms. The van der Waals surface area contributed by atoms with Crippen molar-refractivity contribution in [2.75, 3.05) is 0 Å². The van der Waals surface area contributed by atoms with Crippen LogP contribution in [-0.2, 0) is 0 Å². The molecule has 0 aromatic carbocycles. The minimum atomic E-state index is -0.339. The third kappa shape index (κ3) is 11.0. The number of hydrogen-bond acceptors (Lipinski definition) is 0. The van der Waals surface area contributed by atoms with Crippen molar-refractivity contribution in [2.24, 2.45) is 0 Å². The molecule has 0 saturated heterocycles. The van der Waals surface area contributed by atoms with Gasteiger partial charge in [0.1, 0.15) is 8.83 Å². The molecule has 0 aliphatic rings. The van der Waals surface area contributed by atoms with Gasteiger partial charge < -0.3 is 0 Å². The van der Waals surface area contributed by atoms with Crippen LogP contribution in [0.1, 0.15) is 85.0 Å². The Balaban J connectivity index is 3.10. The Morgan fingerprint density at radius 1 is 0.812 bits per heavy atom. The molecule has 2 heteroatoms. The van der Waals surface area contributed by atoms with Crippen molar-refractivity contribution < 1.29 is 0 Å². The highest BCUT2D eigenvalue weighted by Gasteiger charge is 2.15. The zero-order valence-corrected chi connectivity index (χ0v) is 13.8. The van der Waals surface area contributed by atoms with Gasteiger partial charge in [0.05, 0.1) is 0 Å². The molecule has 0 amide bonds. The molecule has 0 rings (SSSR count). The molecule has 0 radical (unpaired) electrons. The molecule has 0 heterocycles. The van der Waals surface area contributed by atoms with Crippen LogP contribution < -0.4 is 0 Å². The average Bonchev–Trinajstić information content (AvgIpc) is 2.27. The van der Waals surface area contributed by atoms with E-state index in [9.17, 15) is 0 Å². The average molecular weight is 263 g/mol. The minimum Gasteiger partial charge on any atom is -0.176 e. The van der Waals surface area contributed by atoms with Gasteiger partial charge in [-0.25, -0.2) is 0 Å². The van der Waals surface area contributed by atoms with E-state index in [1.165, 1.54) is 64.2 Å². The maximum atomic E-state index is 6.04. The first-order chi connectivity index (χ1) is 7.62. The number of halogens is 1. The van der Waals surface area contributed by atoms with E-state index in [1.807, 2.05) is 0 Å². The van der Waals surface area contributed by atoms with Crippen LogP contribution >= 0.6 is 11.1 Å². The number of hydrogen-bond donors (Lipinski definition) is 0. The third-order valence-corrected chi connectivity index (χ3v) is 6.57. The van der Waals surface area contributed by atoms with Gasteiger partial charge in [0.25, 0.3) is 0 Å². The molecule has 0 aliphatic carbocycles. The van der Waals surface area contributed by atoms with Gasteiger partial charge in [0.15, 0.2) is 0 Å². The van der Waals surface area contributed by atoms with Crippen molar-refractivity contribution in [3.8, 4) is 0 Å². The molecule has 0 aromatic rings. The Bertz CT molecular complexity index is 146. The van der Waals surface area contributed by atoms with Crippen LogP contribution in [0.25, 0.3) is 0 Å². The third-order valence-electron chi connectivity index (χ3n) is 3.32. The van der Waals surface area contributed by atoms with Gasteiger partial charge >= 0.3 is 0 Å². The van der Waals surface area contributed by atoms with Crippen molar-refractivity contribution in [1.29, 1.82) is 0 Å². The highest BCUT2D eigenvalue weighted by atomic mass is 35.6. The largest absolute Gasteiger partial charge is 0.176 e. The van der Waals surface area contributed by atoms with Gasteiger partial charge in [0.2, 0.25) is 0 Å². The number of unbranched alkanes of at least 4 members (excludes halogenated alkanes) is 8. The minimum absolute atomic E-state index is 0.339. The van der Waals surface area contributed by atoms with Crippen LogP contribution in [0.4, 0.5) is 0 Å². The van der Waals surface area contributed by atoms with Gasteiger partial charge in [-0.15, -0.1) is 0 Å². The standard InChI is InChI=1S/C14H31ClSi/c1-4-5-6-7-8-9-10-11-12-13-14(2,3)16-15/h4-13,16H2,1-3H3. The van der Waals surface area contributed by atoms with Crippen molar-refractivity contribution in [3.63, 3.8) is 0 Å². The van der Waals surface area contributed by atoms with E-state index in [2.05, 4.69) is 20.8 Å². The SMILES string of the molecule is CCCCCCCCCCCC(C)(C)[SiH2]Cl. The molecule has 0 N–H and O–H groups in total. The second-order valence-corrected chi connectivity index (χ2v) is 8.86. The van der Waals surface area contributed by atoms with Crippen molar-refractivity contribution >= 4 is 19.9 Å². The molecule has 0 spiro atoms. The molecule has 0 unspecified atom stereocenters. The summed E-state index contributed by atoms with van der Waals surface area (Å²) in [7, 11) is -0.339. The van der Waals surface area contributed by atoms with Gasteiger partial charge in [0, 0.05) is 0 Å². The maximum Gasteiger partial charge on any atom is 0.130 e. The highest BCUT2D eigenvalue weighted by Crippen LogP contribution is 2.31. The van der Waals surface area contributed by atoms with Gasteiger partial charge in [-0.2, -0.15) is 11.1 Å². The quantitative estimate of drug-likeness (QED) is 0.265. The van der Waals surface area contributed by atoms with Crippen LogP contribution in [0.15, 0.2) is 0 Å².